The molecule has 1 aliphatic heterocycles. The van der Waals surface area contributed by atoms with Crippen LogP contribution in [0.15, 0.2) is 24.5 Å². The van der Waals surface area contributed by atoms with E-state index in [4.69, 9.17) is 15.5 Å². The van der Waals surface area contributed by atoms with Crippen LogP contribution in [0.5, 0.6) is 0 Å². The molecule has 4 rings (SSSR count). The highest BCUT2D eigenvalue weighted by Crippen LogP contribution is 2.46. The van der Waals surface area contributed by atoms with Crippen molar-refractivity contribution in [1.29, 1.82) is 0 Å². The number of primary amides is 1. The molecule has 0 bridgehead atoms. The number of carbonyl (C=O) groups is 2. The summed E-state index contributed by atoms with van der Waals surface area (Å²) < 4.78 is 5.05. The van der Waals surface area contributed by atoms with Crippen molar-refractivity contribution < 1.29 is 14.3 Å². The minimum atomic E-state index is -0.452. The molecule has 0 saturated carbocycles. The first-order valence-corrected chi connectivity index (χ1v) is 10.1. The fraction of sp³-hybridized carbons (Fsp3) is 0.476. The number of ether oxygens (including phenoxy) is 1. The van der Waals surface area contributed by atoms with Crippen LogP contribution in [0, 0.1) is 0 Å². The van der Waals surface area contributed by atoms with Gasteiger partial charge in [-0.05, 0) is 37.8 Å². The minimum absolute atomic E-state index is 0.00126. The summed E-state index contributed by atoms with van der Waals surface area (Å²) in [7, 11) is 1.53. The molecule has 9 heteroatoms. The average Bonchev–Trinajstić information content (AvgIpc) is 3.10. The molecule has 3 heterocycles. The van der Waals surface area contributed by atoms with E-state index in [1.165, 1.54) is 7.11 Å². The van der Waals surface area contributed by atoms with E-state index in [0.717, 1.165) is 49.0 Å². The van der Waals surface area contributed by atoms with E-state index in [9.17, 15) is 9.59 Å². The number of nitrogens with two attached hydrogens (primary N) is 1. The van der Waals surface area contributed by atoms with Gasteiger partial charge in [-0.2, -0.15) is 0 Å². The summed E-state index contributed by atoms with van der Waals surface area (Å²) >= 11 is 0. The van der Waals surface area contributed by atoms with Crippen molar-refractivity contribution >= 4 is 17.6 Å². The molecule has 1 spiro atoms. The smallest absolute Gasteiger partial charge is 0.248 e. The van der Waals surface area contributed by atoms with Crippen LogP contribution in [-0.2, 0) is 26.2 Å². The Morgan fingerprint density at radius 2 is 2.20 bits per heavy atom. The number of nitrogens with zero attached hydrogens (tertiary/aromatic N) is 4. The lowest BCUT2D eigenvalue weighted by Crippen LogP contribution is -2.49. The van der Waals surface area contributed by atoms with Crippen molar-refractivity contribution in [2.24, 2.45) is 5.73 Å². The Labute approximate surface area is 175 Å². The Hall–Kier alpha value is -3.07. The molecule has 2 aromatic rings. The number of methoxy groups -OCH3 is 1. The number of nitrogens with one attached hydrogen (secondary N) is 1. The van der Waals surface area contributed by atoms with Gasteiger partial charge in [-0.1, -0.05) is 0 Å². The summed E-state index contributed by atoms with van der Waals surface area (Å²) in [6, 6.07) is 3.74. The lowest BCUT2D eigenvalue weighted by molar-refractivity contribution is -0.137. The van der Waals surface area contributed by atoms with Crippen LogP contribution in [0.2, 0.25) is 0 Å². The Kier molecular flexibility index (Phi) is 5.63. The SMILES string of the molecule is COCC(=O)N1CCCC2(CCc3c(NCC(N)=O)nc(-c4cccnc4)nc32)C1. The maximum Gasteiger partial charge on any atom is 0.248 e. The van der Waals surface area contributed by atoms with Gasteiger partial charge in [-0.3, -0.25) is 14.6 Å². The quantitative estimate of drug-likeness (QED) is 0.725. The van der Waals surface area contributed by atoms with E-state index in [-0.39, 0.29) is 24.5 Å². The number of aromatic nitrogens is 3. The normalized spacial score (nSPS) is 20.2. The zero-order valence-electron chi connectivity index (χ0n) is 17.1. The molecule has 0 aromatic carbocycles. The van der Waals surface area contributed by atoms with Gasteiger partial charge >= 0.3 is 0 Å². The average molecular weight is 410 g/mol. The van der Waals surface area contributed by atoms with Gasteiger partial charge in [0.2, 0.25) is 11.8 Å². The highest BCUT2D eigenvalue weighted by molar-refractivity contribution is 5.79. The van der Waals surface area contributed by atoms with Crippen LogP contribution in [0.25, 0.3) is 11.4 Å². The topological polar surface area (TPSA) is 123 Å². The number of amides is 2. The number of pyridine rings is 1. The van der Waals surface area contributed by atoms with Crippen molar-refractivity contribution in [3.63, 3.8) is 0 Å². The standard InChI is InChI=1S/C21H26N6O3/c1-30-12-17(29)27-9-3-6-21(13-27)7-5-15-18(21)25-19(14-4-2-8-23-10-14)26-20(15)24-11-16(22)28/h2,4,8,10H,3,5-7,9,11-13H2,1H3,(H2,22,28)(H,24,25,26). The predicted molar refractivity (Wildman–Crippen MR) is 111 cm³/mol. The second kappa shape index (κ2) is 8.35. The molecule has 158 valence electrons. The van der Waals surface area contributed by atoms with Gasteiger partial charge < -0.3 is 20.7 Å². The number of piperidine rings is 1. The lowest BCUT2D eigenvalue weighted by atomic mass is 9.77. The van der Waals surface area contributed by atoms with Gasteiger partial charge in [-0.15, -0.1) is 0 Å². The van der Waals surface area contributed by atoms with Gasteiger partial charge in [0.25, 0.3) is 0 Å². The highest BCUT2D eigenvalue weighted by atomic mass is 16.5. The lowest BCUT2D eigenvalue weighted by Gasteiger charge is -2.40. The van der Waals surface area contributed by atoms with Crippen LogP contribution in [0.3, 0.4) is 0 Å². The molecule has 1 unspecified atom stereocenters. The molecule has 2 amide bonds. The van der Waals surface area contributed by atoms with Crippen LogP contribution in [0.1, 0.15) is 30.5 Å². The van der Waals surface area contributed by atoms with Crippen molar-refractivity contribution in [1.82, 2.24) is 19.9 Å². The predicted octanol–water partition coefficient (Wildman–Crippen LogP) is 0.889. The van der Waals surface area contributed by atoms with Crippen molar-refractivity contribution in [2.75, 3.05) is 38.7 Å². The van der Waals surface area contributed by atoms with Crippen LogP contribution in [-0.4, -0.2) is 65.0 Å². The molecular weight excluding hydrogens is 384 g/mol. The summed E-state index contributed by atoms with van der Waals surface area (Å²) in [5, 5.41) is 3.08. The number of likely N-dealkylation sites (tertiary alicyclic amines) is 1. The highest BCUT2D eigenvalue weighted by Gasteiger charge is 2.45. The molecule has 0 radical (unpaired) electrons. The molecule has 1 fully saturated rings. The molecule has 30 heavy (non-hydrogen) atoms. The maximum atomic E-state index is 12.5. The summed E-state index contributed by atoms with van der Waals surface area (Å²) in [6.45, 7) is 1.42. The molecule has 1 atom stereocenters. The third-order valence-electron chi connectivity index (χ3n) is 5.91. The summed E-state index contributed by atoms with van der Waals surface area (Å²) in [6.07, 6.45) is 6.95. The fourth-order valence-corrected chi connectivity index (χ4v) is 4.54. The van der Waals surface area contributed by atoms with E-state index in [2.05, 4.69) is 15.3 Å². The first-order chi connectivity index (χ1) is 14.5. The number of hydrogen-bond acceptors (Lipinski definition) is 7. The molecule has 1 aliphatic carbocycles. The summed E-state index contributed by atoms with van der Waals surface area (Å²) in [4.78, 5) is 39.5. The van der Waals surface area contributed by atoms with Gasteiger partial charge in [0.1, 0.15) is 12.4 Å². The van der Waals surface area contributed by atoms with Crippen LogP contribution >= 0.6 is 0 Å². The Bertz CT molecular complexity index is 951. The second-order valence-electron chi connectivity index (χ2n) is 7.92. The molecular formula is C21H26N6O3. The zero-order valence-corrected chi connectivity index (χ0v) is 17.1. The van der Waals surface area contributed by atoms with E-state index >= 15 is 0 Å². The van der Waals surface area contributed by atoms with Crippen molar-refractivity contribution in [3.05, 3.63) is 35.8 Å². The van der Waals surface area contributed by atoms with E-state index < -0.39 is 5.91 Å². The molecule has 9 nitrogen and oxygen atoms in total. The van der Waals surface area contributed by atoms with E-state index in [1.54, 1.807) is 12.4 Å². The first kappa shape index (κ1) is 20.2. The van der Waals surface area contributed by atoms with Gasteiger partial charge in [0, 0.05) is 49.1 Å². The number of hydrogen-bond donors (Lipinski definition) is 2. The summed E-state index contributed by atoms with van der Waals surface area (Å²) in [5.74, 6) is 0.732. The zero-order chi connectivity index (χ0) is 21.1. The van der Waals surface area contributed by atoms with Crippen LogP contribution < -0.4 is 11.1 Å². The Balaban J connectivity index is 1.75. The van der Waals surface area contributed by atoms with Gasteiger partial charge in [-0.25, -0.2) is 9.97 Å². The van der Waals surface area contributed by atoms with Gasteiger partial charge in [0.05, 0.1) is 12.2 Å². The number of rotatable bonds is 6. The molecule has 3 N–H and O–H groups in total. The van der Waals surface area contributed by atoms with Gasteiger partial charge in [0.15, 0.2) is 5.82 Å². The monoisotopic (exact) mass is 410 g/mol. The largest absolute Gasteiger partial charge is 0.375 e. The van der Waals surface area contributed by atoms with Crippen molar-refractivity contribution in [2.45, 2.75) is 31.1 Å². The maximum absolute atomic E-state index is 12.5. The molecule has 2 aliphatic rings. The van der Waals surface area contributed by atoms with E-state index in [0.29, 0.717) is 18.2 Å². The number of anilines is 1. The Morgan fingerprint density at radius 3 is 2.93 bits per heavy atom. The fourth-order valence-electron chi connectivity index (χ4n) is 4.54. The van der Waals surface area contributed by atoms with E-state index in [1.807, 2.05) is 17.0 Å². The summed E-state index contributed by atoms with van der Waals surface area (Å²) in [5.41, 5.74) is 7.88. The van der Waals surface area contributed by atoms with Crippen LogP contribution in [0.4, 0.5) is 5.82 Å². The van der Waals surface area contributed by atoms with Crippen molar-refractivity contribution in [3.8, 4) is 11.4 Å². The third kappa shape index (κ3) is 3.85. The molecule has 2 aromatic heterocycles. The third-order valence-corrected chi connectivity index (χ3v) is 5.91. The Morgan fingerprint density at radius 1 is 1.33 bits per heavy atom. The minimum Gasteiger partial charge on any atom is -0.375 e. The first-order valence-electron chi connectivity index (χ1n) is 10.1. The second-order valence-corrected chi connectivity index (χ2v) is 7.92. The number of fused-ring (bicyclic) bond motifs is 2. The number of carbonyl (C=O) groups excluding carboxylic acids is 2. The molecule has 1 saturated heterocycles.